The summed E-state index contributed by atoms with van der Waals surface area (Å²) >= 11 is 0. The molecule has 24 heavy (non-hydrogen) atoms. The van der Waals surface area contributed by atoms with Gasteiger partial charge in [-0.1, -0.05) is 18.2 Å². The molecule has 2 aromatic heterocycles. The molecule has 2 unspecified atom stereocenters. The Morgan fingerprint density at radius 2 is 1.92 bits per heavy atom. The summed E-state index contributed by atoms with van der Waals surface area (Å²) in [5.41, 5.74) is 0.635. The predicted octanol–water partition coefficient (Wildman–Crippen LogP) is 1.98. The van der Waals surface area contributed by atoms with Crippen LogP contribution >= 0.6 is 0 Å². The fourth-order valence-electron chi connectivity index (χ4n) is 3.02. The van der Waals surface area contributed by atoms with E-state index in [2.05, 4.69) is 10.4 Å². The number of H-pyrrole nitrogens is 1. The topological polar surface area (TPSA) is 104 Å². The first kappa shape index (κ1) is 14.1. The second kappa shape index (κ2) is 5.28. The second-order valence-corrected chi connectivity index (χ2v) is 5.47. The van der Waals surface area contributed by atoms with Crippen LogP contribution in [-0.4, -0.2) is 15.7 Å². The number of aromatic amines is 1. The molecule has 7 nitrogen and oxygen atoms in total. The fraction of sp³-hybridized carbons (Fsp3) is 0.118. The summed E-state index contributed by atoms with van der Waals surface area (Å²) in [6, 6.07) is 14.3. The number of amides is 1. The molecular formula is C17H12N4O3. The Morgan fingerprint density at radius 1 is 1.12 bits per heavy atom. The largest absolute Gasteiger partial charge is 0.469 e. The number of rotatable bonds is 2. The molecule has 2 N–H and O–H groups in total. The number of hydrogen-bond donors (Lipinski definition) is 2. The van der Waals surface area contributed by atoms with E-state index in [9.17, 15) is 14.9 Å². The van der Waals surface area contributed by atoms with Gasteiger partial charge in [0, 0.05) is 0 Å². The number of carbonyl (C=O) groups excluding carboxylic acids is 1. The summed E-state index contributed by atoms with van der Waals surface area (Å²) < 4.78 is 6.73. The first-order chi connectivity index (χ1) is 11.7. The van der Waals surface area contributed by atoms with Gasteiger partial charge >= 0.3 is 0 Å². The van der Waals surface area contributed by atoms with Crippen LogP contribution in [0.1, 0.15) is 17.2 Å². The molecule has 3 aromatic rings. The van der Waals surface area contributed by atoms with Crippen LogP contribution in [0, 0.1) is 17.2 Å². The molecule has 4 rings (SSSR count). The number of para-hydroxylation sites is 1. The summed E-state index contributed by atoms with van der Waals surface area (Å²) in [4.78, 5) is 25.2. The van der Waals surface area contributed by atoms with Crippen LogP contribution in [0.5, 0.6) is 0 Å². The summed E-state index contributed by atoms with van der Waals surface area (Å²) in [6.45, 7) is 0. The van der Waals surface area contributed by atoms with Gasteiger partial charge in [0.1, 0.15) is 17.5 Å². The Bertz CT molecular complexity index is 993. The first-order valence-corrected chi connectivity index (χ1v) is 7.35. The number of nitriles is 1. The summed E-state index contributed by atoms with van der Waals surface area (Å²) in [5.74, 6) is -1.54. The van der Waals surface area contributed by atoms with Gasteiger partial charge in [0.25, 0.3) is 5.56 Å². The Labute approximate surface area is 136 Å². The monoisotopic (exact) mass is 320 g/mol. The van der Waals surface area contributed by atoms with Gasteiger partial charge in [-0.25, -0.2) is 4.68 Å². The molecule has 0 saturated heterocycles. The lowest BCUT2D eigenvalue weighted by atomic mass is 9.83. The molecule has 0 radical (unpaired) electrons. The lowest BCUT2D eigenvalue weighted by Crippen LogP contribution is -2.35. The average molecular weight is 320 g/mol. The molecule has 7 heteroatoms. The fourth-order valence-corrected chi connectivity index (χ4v) is 3.02. The zero-order valence-electron chi connectivity index (χ0n) is 12.4. The van der Waals surface area contributed by atoms with Crippen LogP contribution in [0.4, 0.5) is 5.82 Å². The van der Waals surface area contributed by atoms with Crippen LogP contribution in [0.15, 0.2) is 57.9 Å². The number of carbonyl (C=O) groups is 1. The molecule has 0 fully saturated rings. The van der Waals surface area contributed by atoms with Crippen molar-refractivity contribution < 1.29 is 9.21 Å². The smallest absolute Gasteiger partial charge is 0.277 e. The molecular weight excluding hydrogens is 308 g/mol. The average Bonchev–Trinajstić information content (AvgIpc) is 3.23. The van der Waals surface area contributed by atoms with Gasteiger partial charge in [0.2, 0.25) is 5.91 Å². The van der Waals surface area contributed by atoms with E-state index in [-0.39, 0.29) is 5.56 Å². The highest BCUT2D eigenvalue weighted by Gasteiger charge is 2.42. The molecule has 1 aliphatic heterocycles. The van der Waals surface area contributed by atoms with Crippen LogP contribution in [0.2, 0.25) is 0 Å². The van der Waals surface area contributed by atoms with Gasteiger partial charge < -0.3 is 9.73 Å². The van der Waals surface area contributed by atoms with Crippen molar-refractivity contribution >= 4 is 11.7 Å². The van der Waals surface area contributed by atoms with Gasteiger partial charge in [-0.2, -0.15) is 5.26 Å². The van der Waals surface area contributed by atoms with E-state index < -0.39 is 17.7 Å². The van der Waals surface area contributed by atoms with Gasteiger partial charge in [-0.3, -0.25) is 14.7 Å². The molecule has 1 aliphatic rings. The molecule has 3 heterocycles. The van der Waals surface area contributed by atoms with Crippen LogP contribution in [-0.2, 0) is 4.79 Å². The van der Waals surface area contributed by atoms with Crippen LogP contribution in [0.3, 0.4) is 0 Å². The van der Waals surface area contributed by atoms with Gasteiger partial charge in [-0.15, -0.1) is 0 Å². The van der Waals surface area contributed by atoms with Gasteiger partial charge in [-0.05, 0) is 24.3 Å². The molecule has 1 amide bonds. The zero-order valence-corrected chi connectivity index (χ0v) is 12.4. The highest BCUT2D eigenvalue weighted by atomic mass is 16.3. The van der Waals surface area contributed by atoms with Gasteiger partial charge in [0.15, 0.2) is 0 Å². The number of furan rings is 1. The van der Waals surface area contributed by atoms with E-state index in [0.29, 0.717) is 22.8 Å². The summed E-state index contributed by atoms with van der Waals surface area (Å²) in [6.07, 6.45) is 1.46. The standard InChI is InChI=1S/C17H12N4O3/c18-9-11-13(12-7-4-8-24-12)14-15(19-16(11)22)20-21(17(14)23)10-5-2-1-3-6-10/h1-8,11,13,20H,(H,19,22). The lowest BCUT2D eigenvalue weighted by molar-refractivity contribution is -0.119. The normalized spacial score (nSPS) is 19.4. The van der Waals surface area contributed by atoms with Crippen LogP contribution < -0.4 is 10.9 Å². The summed E-state index contributed by atoms with van der Waals surface area (Å²) in [7, 11) is 0. The van der Waals surface area contributed by atoms with E-state index in [1.54, 1.807) is 24.3 Å². The highest BCUT2D eigenvalue weighted by Crippen LogP contribution is 2.38. The third-order valence-electron chi connectivity index (χ3n) is 4.10. The minimum absolute atomic E-state index is 0.293. The third-order valence-corrected chi connectivity index (χ3v) is 4.10. The number of nitrogens with one attached hydrogen (secondary N) is 2. The van der Waals surface area contributed by atoms with E-state index in [1.807, 2.05) is 24.3 Å². The Kier molecular flexibility index (Phi) is 3.10. The molecule has 1 aromatic carbocycles. The van der Waals surface area contributed by atoms with Crippen molar-refractivity contribution in [2.45, 2.75) is 5.92 Å². The maximum atomic E-state index is 12.9. The number of hydrogen-bond acceptors (Lipinski definition) is 4. The van der Waals surface area contributed by atoms with Crippen molar-refractivity contribution in [2.75, 3.05) is 5.32 Å². The first-order valence-electron chi connectivity index (χ1n) is 7.35. The predicted molar refractivity (Wildman–Crippen MR) is 84.7 cm³/mol. The maximum Gasteiger partial charge on any atom is 0.277 e. The maximum absolute atomic E-state index is 12.9. The van der Waals surface area contributed by atoms with E-state index in [0.717, 1.165) is 0 Å². The van der Waals surface area contributed by atoms with Crippen molar-refractivity contribution in [3.63, 3.8) is 0 Å². The molecule has 0 aliphatic carbocycles. The van der Waals surface area contributed by atoms with Crippen molar-refractivity contribution in [2.24, 2.45) is 5.92 Å². The van der Waals surface area contributed by atoms with E-state index >= 15 is 0 Å². The molecule has 0 bridgehead atoms. The quantitative estimate of drug-likeness (QED) is 0.753. The Balaban J connectivity index is 1.95. The molecule has 118 valence electrons. The van der Waals surface area contributed by atoms with Crippen LogP contribution in [0.25, 0.3) is 5.69 Å². The van der Waals surface area contributed by atoms with Crippen molar-refractivity contribution in [1.29, 1.82) is 5.26 Å². The lowest BCUT2D eigenvalue weighted by Gasteiger charge is -2.23. The Morgan fingerprint density at radius 3 is 2.58 bits per heavy atom. The van der Waals surface area contributed by atoms with Crippen molar-refractivity contribution in [1.82, 2.24) is 9.78 Å². The second-order valence-electron chi connectivity index (χ2n) is 5.47. The number of fused-ring (bicyclic) bond motifs is 1. The van der Waals surface area contributed by atoms with Gasteiger partial charge in [0.05, 0.1) is 29.5 Å². The summed E-state index contributed by atoms with van der Waals surface area (Å²) in [5, 5.41) is 14.9. The van der Waals surface area contributed by atoms with E-state index in [4.69, 9.17) is 4.42 Å². The zero-order chi connectivity index (χ0) is 16.7. The molecule has 0 spiro atoms. The molecule has 0 saturated carbocycles. The van der Waals surface area contributed by atoms with E-state index in [1.165, 1.54) is 10.9 Å². The minimum Gasteiger partial charge on any atom is -0.469 e. The molecule has 2 atom stereocenters. The Hall–Kier alpha value is -3.53. The number of anilines is 1. The number of nitrogens with zero attached hydrogens (tertiary/aromatic N) is 2. The third kappa shape index (κ3) is 1.97. The minimum atomic E-state index is -1.03. The van der Waals surface area contributed by atoms with Crippen molar-refractivity contribution in [3.8, 4) is 11.8 Å². The SMILES string of the molecule is N#CC1C(=O)Nc2[nH]n(-c3ccccc3)c(=O)c2C1c1ccco1. The number of benzene rings is 1. The highest BCUT2D eigenvalue weighted by molar-refractivity contribution is 5.97. The number of aromatic nitrogens is 2. The van der Waals surface area contributed by atoms with Crippen molar-refractivity contribution in [3.05, 3.63) is 70.4 Å².